The average Bonchev–Trinajstić information content (AvgIpc) is 2.87. The molecule has 1 aromatic rings. The van der Waals surface area contributed by atoms with Crippen LogP contribution in [-0.2, 0) is 11.3 Å². The van der Waals surface area contributed by atoms with Crippen LogP contribution >= 0.6 is 11.6 Å². The summed E-state index contributed by atoms with van der Waals surface area (Å²) in [6.07, 6.45) is 5.93. The van der Waals surface area contributed by atoms with Crippen molar-refractivity contribution in [3.63, 3.8) is 0 Å². The fraction of sp³-hybridized carbons (Fsp3) is 0.800. The molecule has 5 rings (SSSR count). The Balaban J connectivity index is 1.46. The number of aromatic nitrogens is 2. The van der Waals surface area contributed by atoms with E-state index in [0.29, 0.717) is 5.69 Å². The predicted molar refractivity (Wildman–Crippen MR) is 99.8 cm³/mol. The molecule has 150 valence electrons. The number of rotatable bonds is 6. The monoisotopic (exact) mass is 399 g/mol. The summed E-state index contributed by atoms with van der Waals surface area (Å²) >= 11 is 5.94. The third-order valence-electron chi connectivity index (χ3n) is 7.23. The summed E-state index contributed by atoms with van der Waals surface area (Å²) in [6.45, 7) is 3.68. The van der Waals surface area contributed by atoms with Gasteiger partial charge in [-0.05, 0) is 75.0 Å². The predicted octanol–water partition coefficient (Wildman–Crippen LogP) is 4.89. The first-order valence-corrected chi connectivity index (χ1v) is 10.5. The van der Waals surface area contributed by atoms with Gasteiger partial charge in [0.2, 0.25) is 5.91 Å². The van der Waals surface area contributed by atoms with Crippen molar-refractivity contribution in [2.75, 3.05) is 0 Å². The van der Waals surface area contributed by atoms with Gasteiger partial charge in [0.1, 0.15) is 12.2 Å². The minimum Gasteiger partial charge on any atom is -0.351 e. The maximum atomic E-state index is 13.0. The summed E-state index contributed by atoms with van der Waals surface area (Å²) in [7, 11) is 0. The molecule has 27 heavy (non-hydrogen) atoms. The first kappa shape index (κ1) is 19.2. The second-order valence-electron chi connectivity index (χ2n) is 9.05. The first-order valence-electron chi connectivity index (χ1n) is 10.1. The molecule has 1 atom stereocenters. The number of amides is 1. The van der Waals surface area contributed by atoms with Crippen LogP contribution in [0.2, 0.25) is 5.02 Å². The Bertz CT molecular complexity index is 698. The lowest BCUT2D eigenvalue weighted by atomic mass is 9.47. The van der Waals surface area contributed by atoms with Crippen LogP contribution in [0.5, 0.6) is 0 Å². The Kier molecular flexibility index (Phi) is 4.98. The van der Waals surface area contributed by atoms with Crippen LogP contribution in [-0.4, -0.2) is 21.7 Å². The number of nitrogens with zero attached hydrogens (tertiary/aromatic N) is 2. The quantitative estimate of drug-likeness (QED) is 0.740. The Morgan fingerprint density at radius 3 is 2.26 bits per heavy atom. The third kappa shape index (κ3) is 3.39. The number of hydrogen-bond acceptors (Lipinski definition) is 2. The SMILES string of the molecule is CCC(NC(=O)Cn1nc(C(F)F)c(Cl)c1C)C12CC3CC(CC(C3)C1)C2. The zero-order valence-electron chi connectivity index (χ0n) is 16.0. The van der Waals surface area contributed by atoms with E-state index in [2.05, 4.69) is 17.3 Å². The molecule has 0 radical (unpaired) electrons. The standard InChI is InChI=1S/C20H28ClF2N3O/c1-3-15(20-7-12-4-13(8-20)6-14(5-12)9-20)24-16(27)10-26-11(2)17(21)18(25-26)19(22)23/h12-15,19H,3-10H2,1-2H3,(H,24,27). The molecule has 4 aliphatic carbocycles. The summed E-state index contributed by atoms with van der Waals surface area (Å²) in [5.74, 6) is 2.30. The topological polar surface area (TPSA) is 46.9 Å². The highest BCUT2D eigenvalue weighted by Crippen LogP contribution is 2.61. The van der Waals surface area contributed by atoms with Crippen molar-refractivity contribution < 1.29 is 13.6 Å². The van der Waals surface area contributed by atoms with Gasteiger partial charge in [-0.3, -0.25) is 9.48 Å². The van der Waals surface area contributed by atoms with Crippen molar-refractivity contribution in [3.05, 3.63) is 16.4 Å². The van der Waals surface area contributed by atoms with Crippen molar-refractivity contribution >= 4 is 17.5 Å². The molecule has 4 saturated carbocycles. The van der Waals surface area contributed by atoms with Crippen LogP contribution in [0.4, 0.5) is 8.78 Å². The Labute approximate surface area is 164 Å². The second kappa shape index (κ2) is 7.02. The van der Waals surface area contributed by atoms with Gasteiger partial charge < -0.3 is 5.32 Å². The highest BCUT2D eigenvalue weighted by molar-refractivity contribution is 6.31. The number of halogens is 3. The number of carbonyl (C=O) groups is 1. The molecular formula is C20H28ClF2N3O. The summed E-state index contributed by atoms with van der Waals surface area (Å²) in [6, 6.07) is 0.152. The Morgan fingerprint density at radius 2 is 1.81 bits per heavy atom. The average molecular weight is 400 g/mol. The van der Waals surface area contributed by atoms with E-state index in [9.17, 15) is 13.6 Å². The number of hydrogen-bond donors (Lipinski definition) is 1. The highest BCUT2D eigenvalue weighted by Gasteiger charge is 2.54. The molecule has 4 fully saturated rings. The van der Waals surface area contributed by atoms with Gasteiger partial charge in [0.05, 0.1) is 10.7 Å². The van der Waals surface area contributed by atoms with Crippen molar-refractivity contribution in [1.29, 1.82) is 0 Å². The minimum atomic E-state index is -2.74. The van der Waals surface area contributed by atoms with E-state index in [1.165, 1.54) is 43.2 Å². The van der Waals surface area contributed by atoms with E-state index in [1.807, 2.05) is 0 Å². The summed E-state index contributed by atoms with van der Waals surface area (Å²) in [5, 5.41) is 7.03. The lowest BCUT2D eigenvalue weighted by molar-refractivity contribution is -0.127. The minimum absolute atomic E-state index is 0.0501. The van der Waals surface area contributed by atoms with Gasteiger partial charge in [0.25, 0.3) is 6.43 Å². The van der Waals surface area contributed by atoms with Crippen molar-refractivity contribution in [2.45, 2.75) is 77.8 Å². The van der Waals surface area contributed by atoms with Crippen LogP contribution in [0.15, 0.2) is 0 Å². The van der Waals surface area contributed by atoms with Gasteiger partial charge in [-0.2, -0.15) is 5.10 Å². The number of carbonyl (C=O) groups excluding carboxylic acids is 1. The fourth-order valence-corrected chi connectivity index (χ4v) is 6.73. The lowest BCUT2D eigenvalue weighted by Crippen LogP contribution is -2.57. The number of nitrogens with one attached hydrogen (secondary N) is 1. The van der Waals surface area contributed by atoms with E-state index in [0.717, 1.165) is 24.2 Å². The van der Waals surface area contributed by atoms with E-state index in [1.54, 1.807) is 6.92 Å². The van der Waals surface area contributed by atoms with Crippen LogP contribution < -0.4 is 5.32 Å². The molecule has 1 heterocycles. The molecular weight excluding hydrogens is 372 g/mol. The fourth-order valence-electron chi connectivity index (χ4n) is 6.51. The molecule has 1 aromatic heterocycles. The van der Waals surface area contributed by atoms with Crippen molar-refractivity contribution in [3.8, 4) is 0 Å². The van der Waals surface area contributed by atoms with Crippen molar-refractivity contribution in [1.82, 2.24) is 15.1 Å². The van der Waals surface area contributed by atoms with Crippen molar-refractivity contribution in [2.24, 2.45) is 23.2 Å². The molecule has 0 aliphatic heterocycles. The lowest BCUT2D eigenvalue weighted by Gasteiger charge is -2.59. The molecule has 1 amide bonds. The Hall–Kier alpha value is -1.17. The molecule has 1 unspecified atom stereocenters. The van der Waals surface area contributed by atoms with Gasteiger partial charge in [-0.1, -0.05) is 18.5 Å². The van der Waals surface area contributed by atoms with E-state index in [4.69, 9.17) is 11.6 Å². The van der Waals surface area contributed by atoms with Gasteiger partial charge in [0.15, 0.2) is 0 Å². The third-order valence-corrected chi connectivity index (χ3v) is 7.69. The summed E-state index contributed by atoms with van der Waals surface area (Å²) < 4.78 is 27.3. The van der Waals surface area contributed by atoms with E-state index >= 15 is 0 Å². The number of alkyl halides is 2. The molecule has 4 bridgehead atoms. The molecule has 0 spiro atoms. The summed E-state index contributed by atoms with van der Waals surface area (Å²) in [5.41, 5.74) is 0.185. The molecule has 7 heteroatoms. The van der Waals surface area contributed by atoms with Gasteiger partial charge in [-0.15, -0.1) is 0 Å². The molecule has 0 aromatic carbocycles. The van der Waals surface area contributed by atoms with Crippen LogP contribution in [0.25, 0.3) is 0 Å². The van der Waals surface area contributed by atoms with Gasteiger partial charge in [-0.25, -0.2) is 8.78 Å². The highest BCUT2D eigenvalue weighted by atomic mass is 35.5. The maximum absolute atomic E-state index is 13.0. The molecule has 0 saturated heterocycles. The zero-order valence-corrected chi connectivity index (χ0v) is 16.7. The maximum Gasteiger partial charge on any atom is 0.283 e. The Morgan fingerprint density at radius 1 is 1.26 bits per heavy atom. The van der Waals surface area contributed by atoms with Crippen LogP contribution in [0, 0.1) is 30.1 Å². The van der Waals surface area contributed by atoms with Gasteiger partial charge >= 0.3 is 0 Å². The molecule has 4 nitrogen and oxygen atoms in total. The van der Waals surface area contributed by atoms with Crippen LogP contribution in [0.1, 0.15) is 69.7 Å². The second-order valence-corrected chi connectivity index (χ2v) is 9.43. The van der Waals surface area contributed by atoms with Gasteiger partial charge in [0, 0.05) is 6.04 Å². The molecule has 1 N–H and O–H groups in total. The van der Waals surface area contributed by atoms with E-state index < -0.39 is 12.1 Å². The zero-order chi connectivity index (χ0) is 19.3. The van der Waals surface area contributed by atoms with Crippen LogP contribution in [0.3, 0.4) is 0 Å². The van der Waals surface area contributed by atoms with E-state index in [-0.39, 0.29) is 28.9 Å². The normalized spacial score (nSPS) is 32.9. The smallest absolute Gasteiger partial charge is 0.283 e. The largest absolute Gasteiger partial charge is 0.351 e. The molecule has 4 aliphatic rings. The summed E-state index contributed by atoms with van der Waals surface area (Å²) in [4.78, 5) is 12.7. The first-order chi connectivity index (χ1) is 12.8.